The fraction of sp³-hybridized carbons (Fsp3) is 0.429. The average molecular weight is 280 g/mol. The van der Waals surface area contributed by atoms with Gasteiger partial charge in [-0.1, -0.05) is 44.2 Å². The van der Waals surface area contributed by atoms with E-state index >= 15 is 0 Å². The molecule has 1 aromatic rings. The van der Waals surface area contributed by atoms with E-state index in [0.29, 0.717) is 12.3 Å². The SMILES string of the molecule is CC(C)C[C@H]([NH3+])C(=O)NNC(=O)OCc1ccccc1. The van der Waals surface area contributed by atoms with Gasteiger partial charge in [-0.25, -0.2) is 10.2 Å². The maximum absolute atomic E-state index is 11.6. The van der Waals surface area contributed by atoms with Crippen LogP contribution in [0.15, 0.2) is 30.3 Å². The van der Waals surface area contributed by atoms with Gasteiger partial charge in [-0.3, -0.25) is 10.2 Å². The number of carbonyl (C=O) groups excluding carboxylic acids is 2. The number of nitrogens with one attached hydrogen (secondary N) is 2. The Hall–Kier alpha value is -2.08. The summed E-state index contributed by atoms with van der Waals surface area (Å²) in [5.41, 5.74) is 9.13. The van der Waals surface area contributed by atoms with Crippen molar-refractivity contribution < 1.29 is 20.1 Å². The monoisotopic (exact) mass is 280 g/mol. The fourth-order valence-corrected chi connectivity index (χ4v) is 1.65. The maximum atomic E-state index is 11.6. The summed E-state index contributed by atoms with van der Waals surface area (Å²) in [5.74, 6) is 0.0450. The summed E-state index contributed by atoms with van der Waals surface area (Å²) in [6, 6.07) is 8.90. The Morgan fingerprint density at radius 3 is 2.45 bits per heavy atom. The van der Waals surface area contributed by atoms with E-state index in [2.05, 4.69) is 16.6 Å². The first-order valence-electron chi connectivity index (χ1n) is 6.58. The highest BCUT2D eigenvalue weighted by Gasteiger charge is 2.19. The molecule has 0 fully saturated rings. The van der Waals surface area contributed by atoms with Gasteiger partial charge in [0.2, 0.25) is 0 Å². The zero-order valence-corrected chi connectivity index (χ0v) is 11.9. The second-order valence-electron chi connectivity index (χ2n) is 5.00. The number of amides is 2. The number of hydrazine groups is 1. The number of carbonyl (C=O) groups is 2. The summed E-state index contributed by atoms with van der Waals surface area (Å²) in [6.07, 6.45) is -0.0361. The van der Waals surface area contributed by atoms with Gasteiger partial charge in [0, 0.05) is 6.42 Å². The van der Waals surface area contributed by atoms with Crippen molar-refractivity contribution in [2.24, 2.45) is 5.92 Å². The lowest BCUT2D eigenvalue weighted by molar-refractivity contribution is -0.406. The van der Waals surface area contributed by atoms with Crippen LogP contribution in [0.1, 0.15) is 25.8 Å². The summed E-state index contributed by atoms with van der Waals surface area (Å²) >= 11 is 0. The molecule has 1 aromatic carbocycles. The van der Waals surface area contributed by atoms with Gasteiger partial charge in [0.05, 0.1) is 0 Å². The lowest BCUT2D eigenvalue weighted by atomic mass is 10.0. The van der Waals surface area contributed by atoms with E-state index in [1.807, 2.05) is 44.2 Å². The van der Waals surface area contributed by atoms with Crippen LogP contribution in [-0.2, 0) is 16.1 Å². The minimum Gasteiger partial charge on any atom is -0.443 e. The van der Waals surface area contributed by atoms with E-state index in [1.165, 1.54) is 0 Å². The Morgan fingerprint density at radius 1 is 1.20 bits per heavy atom. The number of hydrogen-bond donors (Lipinski definition) is 3. The molecule has 0 spiro atoms. The lowest BCUT2D eigenvalue weighted by Crippen LogP contribution is -2.69. The second-order valence-corrected chi connectivity index (χ2v) is 5.00. The van der Waals surface area contributed by atoms with Crippen LogP contribution in [0.3, 0.4) is 0 Å². The van der Waals surface area contributed by atoms with Gasteiger partial charge in [0.15, 0.2) is 6.04 Å². The fourth-order valence-electron chi connectivity index (χ4n) is 1.65. The highest BCUT2D eigenvalue weighted by Crippen LogP contribution is 2.01. The first-order chi connectivity index (χ1) is 9.49. The van der Waals surface area contributed by atoms with Gasteiger partial charge in [-0.15, -0.1) is 0 Å². The van der Waals surface area contributed by atoms with Crippen molar-refractivity contribution in [3.05, 3.63) is 35.9 Å². The maximum Gasteiger partial charge on any atom is 0.426 e. The predicted molar refractivity (Wildman–Crippen MR) is 74.0 cm³/mol. The molecule has 0 aromatic heterocycles. The lowest BCUT2D eigenvalue weighted by Gasteiger charge is -2.12. The Kier molecular flexibility index (Phi) is 6.52. The van der Waals surface area contributed by atoms with Crippen molar-refractivity contribution in [1.29, 1.82) is 0 Å². The van der Waals surface area contributed by atoms with Gasteiger partial charge in [-0.2, -0.15) is 0 Å². The first-order valence-corrected chi connectivity index (χ1v) is 6.58. The molecule has 0 aliphatic carbocycles. The van der Waals surface area contributed by atoms with Crippen LogP contribution in [0, 0.1) is 5.92 Å². The predicted octanol–water partition coefficient (Wildman–Crippen LogP) is 0.601. The summed E-state index contributed by atoms with van der Waals surface area (Å²) < 4.78 is 4.95. The third-order valence-corrected chi connectivity index (χ3v) is 2.63. The zero-order valence-electron chi connectivity index (χ0n) is 11.9. The summed E-state index contributed by atoms with van der Waals surface area (Å²) in [5, 5.41) is 0. The number of benzene rings is 1. The van der Waals surface area contributed by atoms with Gasteiger partial charge < -0.3 is 10.5 Å². The Bertz CT molecular complexity index is 435. The summed E-state index contributed by atoms with van der Waals surface area (Å²) in [7, 11) is 0. The molecular weight excluding hydrogens is 258 g/mol. The minimum atomic E-state index is -0.695. The molecule has 0 saturated carbocycles. The summed E-state index contributed by atoms with van der Waals surface area (Å²) in [6.45, 7) is 4.17. The topological polar surface area (TPSA) is 95.1 Å². The molecule has 0 heterocycles. The van der Waals surface area contributed by atoms with Crippen LogP contribution in [0.2, 0.25) is 0 Å². The van der Waals surface area contributed by atoms with Crippen LogP contribution in [0.25, 0.3) is 0 Å². The van der Waals surface area contributed by atoms with Crippen molar-refractivity contribution in [2.45, 2.75) is 32.9 Å². The van der Waals surface area contributed by atoms with Gasteiger partial charge >= 0.3 is 6.09 Å². The normalized spacial score (nSPS) is 11.8. The highest BCUT2D eigenvalue weighted by molar-refractivity contribution is 5.82. The molecule has 5 N–H and O–H groups in total. The highest BCUT2D eigenvalue weighted by atomic mass is 16.6. The number of hydrogen-bond acceptors (Lipinski definition) is 3. The Labute approximate surface area is 118 Å². The molecule has 0 bridgehead atoms. The molecule has 0 saturated heterocycles. The van der Waals surface area contributed by atoms with Crippen LogP contribution >= 0.6 is 0 Å². The molecular formula is C14H22N3O3+. The Morgan fingerprint density at radius 2 is 1.85 bits per heavy atom. The third-order valence-electron chi connectivity index (χ3n) is 2.63. The molecule has 1 atom stereocenters. The van der Waals surface area contributed by atoms with Crippen molar-refractivity contribution in [1.82, 2.24) is 10.9 Å². The average Bonchev–Trinajstić information content (AvgIpc) is 2.42. The molecule has 0 unspecified atom stereocenters. The van der Waals surface area contributed by atoms with Crippen molar-refractivity contribution >= 4 is 12.0 Å². The molecule has 0 radical (unpaired) electrons. The minimum absolute atomic E-state index is 0.155. The largest absolute Gasteiger partial charge is 0.443 e. The Balaban J connectivity index is 2.24. The van der Waals surface area contributed by atoms with Crippen molar-refractivity contribution in [3.8, 4) is 0 Å². The van der Waals surface area contributed by atoms with Crippen LogP contribution in [0.5, 0.6) is 0 Å². The van der Waals surface area contributed by atoms with E-state index in [4.69, 9.17) is 4.74 Å². The van der Waals surface area contributed by atoms with Gasteiger partial charge in [0.25, 0.3) is 5.91 Å². The molecule has 2 amide bonds. The van der Waals surface area contributed by atoms with Crippen LogP contribution < -0.4 is 16.6 Å². The molecule has 6 nitrogen and oxygen atoms in total. The molecule has 20 heavy (non-hydrogen) atoms. The van der Waals surface area contributed by atoms with Crippen LogP contribution in [-0.4, -0.2) is 18.0 Å². The van der Waals surface area contributed by atoms with E-state index in [0.717, 1.165) is 5.56 Å². The van der Waals surface area contributed by atoms with E-state index in [-0.39, 0.29) is 12.5 Å². The second kappa shape index (κ2) is 8.16. The van der Waals surface area contributed by atoms with Gasteiger partial charge in [-0.05, 0) is 11.5 Å². The molecule has 110 valence electrons. The molecule has 0 aliphatic rings. The third kappa shape index (κ3) is 6.19. The van der Waals surface area contributed by atoms with Crippen molar-refractivity contribution in [3.63, 3.8) is 0 Å². The molecule has 6 heteroatoms. The van der Waals surface area contributed by atoms with E-state index in [1.54, 1.807) is 0 Å². The summed E-state index contributed by atoms with van der Waals surface area (Å²) in [4.78, 5) is 23.0. The van der Waals surface area contributed by atoms with E-state index < -0.39 is 12.1 Å². The smallest absolute Gasteiger partial charge is 0.426 e. The molecule has 1 rings (SSSR count). The quantitative estimate of drug-likeness (QED) is 0.689. The number of quaternary nitrogens is 1. The van der Waals surface area contributed by atoms with Crippen molar-refractivity contribution in [2.75, 3.05) is 0 Å². The van der Waals surface area contributed by atoms with Crippen LogP contribution in [0.4, 0.5) is 4.79 Å². The molecule has 0 aliphatic heterocycles. The van der Waals surface area contributed by atoms with E-state index in [9.17, 15) is 9.59 Å². The first kappa shape index (κ1) is 16.0. The van der Waals surface area contributed by atoms with Gasteiger partial charge in [0.1, 0.15) is 6.61 Å². The standard InChI is InChI=1S/C14H21N3O3/c1-10(2)8-12(15)13(18)16-17-14(19)20-9-11-6-4-3-5-7-11/h3-7,10,12H,8-9,15H2,1-2H3,(H,16,18)(H,17,19)/p+1/t12-/m0/s1. The number of ether oxygens (including phenoxy) is 1. The number of rotatable bonds is 5. The zero-order chi connectivity index (χ0) is 15.0.